The van der Waals surface area contributed by atoms with Gasteiger partial charge in [0.25, 0.3) is 0 Å². The standard InChI is InChI=1S/C11H19N5/c1-12-10-6-11(15-8-14-10)16(2)7-9-4-3-5-13-9/h6,8-9,13H,3-5,7H2,1-2H3,(H,12,14,15). The lowest BCUT2D eigenvalue weighted by atomic mass is 10.2. The SMILES string of the molecule is CNc1cc(N(C)CC2CCCN2)ncn1. The van der Waals surface area contributed by atoms with Crippen molar-refractivity contribution in [3.8, 4) is 0 Å². The van der Waals surface area contributed by atoms with Crippen molar-refractivity contribution < 1.29 is 0 Å². The average molecular weight is 221 g/mol. The Labute approximate surface area is 96.3 Å². The van der Waals surface area contributed by atoms with Gasteiger partial charge in [-0.25, -0.2) is 9.97 Å². The number of aromatic nitrogens is 2. The molecule has 0 radical (unpaired) electrons. The molecule has 0 aliphatic carbocycles. The molecule has 5 nitrogen and oxygen atoms in total. The summed E-state index contributed by atoms with van der Waals surface area (Å²) in [6.45, 7) is 2.14. The van der Waals surface area contributed by atoms with E-state index >= 15 is 0 Å². The van der Waals surface area contributed by atoms with Crippen molar-refractivity contribution in [3.63, 3.8) is 0 Å². The predicted octanol–water partition coefficient (Wildman–Crippen LogP) is 0.706. The van der Waals surface area contributed by atoms with E-state index in [1.165, 1.54) is 12.8 Å². The largest absolute Gasteiger partial charge is 0.373 e. The number of nitrogens with one attached hydrogen (secondary N) is 2. The van der Waals surface area contributed by atoms with Crippen molar-refractivity contribution >= 4 is 11.6 Å². The molecule has 1 saturated heterocycles. The van der Waals surface area contributed by atoms with E-state index in [2.05, 4.69) is 32.5 Å². The summed E-state index contributed by atoms with van der Waals surface area (Å²) in [6, 6.07) is 2.56. The summed E-state index contributed by atoms with van der Waals surface area (Å²) in [4.78, 5) is 10.6. The third-order valence-corrected chi connectivity index (χ3v) is 2.96. The summed E-state index contributed by atoms with van der Waals surface area (Å²) < 4.78 is 0. The van der Waals surface area contributed by atoms with Gasteiger partial charge in [-0.05, 0) is 19.4 Å². The van der Waals surface area contributed by atoms with Crippen LogP contribution in [0.15, 0.2) is 12.4 Å². The molecule has 16 heavy (non-hydrogen) atoms. The third kappa shape index (κ3) is 2.61. The van der Waals surface area contributed by atoms with Crippen LogP contribution in [0, 0.1) is 0 Å². The topological polar surface area (TPSA) is 53.1 Å². The fourth-order valence-electron chi connectivity index (χ4n) is 2.03. The zero-order valence-corrected chi connectivity index (χ0v) is 9.90. The minimum Gasteiger partial charge on any atom is -0.373 e. The molecule has 2 heterocycles. The Balaban J connectivity index is 1.98. The van der Waals surface area contributed by atoms with Gasteiger partial charge in [0.1, 0.15) is 18.0 Å². The molecular weight excluding hydrogens is 202 g/mol. The van der Waals surface area contributed by atoms with Gasteiger partial charge in [0, 0.05) is 32.7 Å². The summed E-state index contributed by atoms with van der Waals surface area (Å²) in [5, 5.41) is 6.51. The van der Waals surface area contributed by atoms with E-state index in [9.17, 15) is 0 Å². The van der Waals surface area contributed by atoms with Gasteiger partial charge < -0.3 is 15.5 Å². The predicted molar refractivity (Wildman–Crippen MR) is 65.9 cm³/mol. The smallest absolute Gasteiger partial charge is 0.133 e. The number of hydrogen-bond donors (Lipinski definition) is 2. The van der Waals surface area contributed by atoms with E-state index in [0.717, 1.165) is 24.7 Å². The molecule has 1 aromatic heterocycles. The van der Waals surface area contributed by atoms with E-state index in [1.54, 1.807) is 6.33 Å². The van der Waals surface area contributed by atoms with Crippen LogP contribution < -0.4 is 15.5 Å². The second-order valence-electron chi connectivity index (χ2n) is 4.19. The Bertz CT molecular complexity index is 335. The van der Waals surface area contributed by atoms with Crippen LogP contribution in [0.25, 0.3) is 0 Å². The second-order valence-corrected chi connectivity index (χ2v) is 4.19. The van der Waals surface area contributed by atoms with Gasteiger partial charge >= 0.3 is 0 Å². The van der Waals surface area contributed by atoms with E-state index in [1.807, 2.05) is 13.1 Å². The maximum Gasteiger partial charge on any atom is 0.133 e. The molecule has 5 heteroatoms. The summed E-state index contributed by atoms with van der Waals surface area (Å²) >= 11 is 0. The molecule has 0 bridgehead atoms. The van der Waals surface area contributed by atoms with Gasteiger partial charge in [-0.2, -0.15) is 0 Å². The minimum absolute atomic E-state index is 0.595. The van der Waals surface area contributed by atoms with E-state index < -0.39 is 0 Å². The zero-order valence-electron chi connectivity index (χ0n) is 9.90. The summed E-state index contributed by atoms with van der Waals surface area (Å²) in [5.74, 6) is 1.82. The lowest BCUT2D eigenvalue weighted by molar-refractivity contribution is 0.597. The highest BCUT2D eigenvalue weighted by atomic mass is 15.2. The molecule has 1 aliphatic heterocycles. The highest BCUT2D eigenvalue weighted by Crippen LogP contribution is 2.14. The Morgan fingerprint density at radius 1 is 1.56 bits per heavy atom. The summed E-state index contributed by atoms with van der Waals surface area (Å²) in [5.41, 5.74) is 0. The fraction of sp³-hybridized carbons (Fsp3) is 0.636. The second kappa shape index (κ2) is 5.12. The molecule has 2 N–H and O–H groups in total. The highest BCUT2D eigenvalue weighted by molar-refractivity contribution is 5.47. The molecule has 1 atom stereocenters. The molecule has 1 aromatic rings. The Morgan fingerprint density at radius 3 is 3.12 bits per heavy atom. The van der Waals surface area contributed by atoms with Crippen molar-refractivity contribution in [2.24, 2.45) is 0 Å². The van der Waals surface area contributed by atoms with Crippen LogP contribution in [-0.4, -0.2) is 43.2 Å². The van der Waals surface area contributed by atoms with E-state index in [4.69, 9.17) is 0 Å². The van der Waals surface area contributed by atoms with Gasteiger partial charge in [0.15, 0.2) is 0 Å². The molecule has 1 aliphatic rings. The molecule has 1 fully saturated rings. The average Bonchev–Trinajstić information content (AvgIpc) is 2.82. The van der Waals surface area contributed by atoms with Crippen LogP contribution in [0.1, 0.15) is 12.8 Å². The number of rotatable bonds is 4. The van der Waals surface area contributed by atoms with Gasteiger partial charge in [0.05, 0.1) is 0 Å². The van der Waals surface area contributed by atoms with Crippen molar-refractivity contribution in [1.29, 1.82) is 0 Å². The summed E-state index contributed by atoms with van der Waals surface area (Å²) in [7, 11) is 3.94. The van der Waals surface area contributed by atoms with Crippen molar-refractivity contribution in [2.45, 2.75) is 18.9 Å². The molecule has 0 saturated carbocycles. The van der Waals surface area contributed by atoms with Crippen LogP contribution in [0.5, 0.6) is 0 Å². The quantitative estimate of drug-likeness (QED) is 0.784. The monoisotopic (exact) mass is 221 g/mol. The first-order valence-electron chi connectivity index (χ1n) is 5.74. The Morgan fingerprint density at radius 2 is 2.44 bits per heavy atom. The van der Waals surface area contributed by atoms with Crippen LogP contribution in [-0.2, 0) is 0 Å². The van der Waals surface area contributed by atoms with Gasteiger partial charge in [-0.3, -0.25) is 0 Å². The normalized spacial score (nSPS) is 19.8. The van der Waals surface area contributed by atoms with Gasteiger partial charge in [-0.15, -0.1) is 0 Å². The lowest BCUT2D eigenvalue weighted by Gasteiger charge is -2.22. The van der Waals surface area contributed by atoms with E-state index in [0.29, 0.717) is 6.04 Å². The lowest BCUT2D eigenvalue weighted by Crippen LogP contribution is -2.35. The first kappa shape index (κ1) is 11.1. The molecule has 0 amide bonds. The molecule has 88 valence electrons. The number of nitrogens with zero attached hydrogens (tertiary/aromatic N) is 3. The Kier molecular flexibility index (Phi) is 3.56. The number of anilines is 2. The zero-order chi connectivity index (χ0) is 11.4. The van der Waals surface area contributed by atoms with Crippen molar-refractivity contribution in [3.05, 3.63) is 12.4 Å². The molecule has 2 rings (SSSR count). The Hall–Kier alpha value is -1.36. The molecular formula is C11H19N5. The maximum absolute atomic E-state index is 4.28. The van der Waals surface area contributed by atoms with Crippen LogP contribution in [0.4, 0.5) is 11.6 Å². The van der Waals surface area contributed by atoms with Crippen LogP contribution in [0.2, 0.25) is 0 Å². The number of likely N-dealkylation sites (N-methyl/N-ethyl adjacent to an activating group) is 1. The van der Waals surface area contributed by atoms with Crippen LogP contribution >= 0.6 is 0 Å². The first-order valence-corrected chi connectivity index (χ1v) is 5.74. The molecule has 1 unspecified atom stereocenters. The van der Waals surface area contributed by atoms with E-state index in [-0.39, 0.29) is 0 Å². The van der Waals surface area contributed by atoms with Crippen molar-refractivity contribution in [1.82, 2.24) is 15.3 Å². The van der Waals surface area contributed by atoms with Crippen molar-refractivity contribution in [2.75, 3.05) is 37.4 Å². The van der Waals surface area contributed by atoms with Gasteiger partial charge in [0.2, 0.25) is 0 Å². The maximum atomic E-state index is 4.28. The third-order valence-electron chi connectivity index (χ3n) is 2.96. The summed E-state index contributed by atoms with van der Waals surface area (Å²) in [6.07, 6.45) is 4.14. The van der Waals surface area contributed by atoms with Gasteiger partial charge in [-0.1, -0.05) is 0 Å². The van der Waals surface area contributed by atoms with Crippen LogP contribution in [0.3, 0.4) is 0 Å². The number of hydrogen-bond acceptors (Lipinski definition) is 5. The fourth-order valence-corrected chi connectivity index (χ4v) is 2.03. The molecule has 0 spiro atoms. The minimum atomic E-state index is 0.595. The molecule has 0 aromatic carbocycles. The first-order chi connectivity index (χ1) is 7.79. The highest BCUT2D eigenvalue weighted by Gasteiger charge is 2.16.